The minimum atomic E-state index is -0.521. The Bertz CT molecular complexity index is 3070. The molecule has 0 unspecified atom stereocenters. The van der Waals surface area contributed by atoms with E-state index in [-0.39, 0.29) is 41.9 Å². The molecule has 0 atom stereocenters. The second-order valence-electron chi connectivity index (χ2n) is 20.0. The zero-order chi connectivity index (χ0) is 47.5. The van der Waals surface area contributed by atoms with E-state index in [4.69, 9.17) is 14.2 Å². The molecule has 2 aliphatic rings. The van der Waals surface area contributed by atoms with Crippen molar-refractivity contribution >= 4 is 78.2 Å². The van der Waals surface area contributed by atoms with E-state index in [0.29, 0.717) is 79.0 Å². The quantitative estimate of drug-likeness (QED) is 0.0350. The van der Waals surface area contributed by atoms with Gasteiger partial charge in [-0.2, -0.15) is 0 Å². The van der Waals surface area contributed by atoms with E-state index in [0.717, 1.165) is 71.9 Å². The van der Waals surface area contributed by atoms with Gasteiger partial charge in [0.1, 0.15) is 11.5 Å². The third-order valence-corrected chi connectivity index (χ3v) is 13.8. The third-order valence-electron chi connectivity index (χ3n) is 13.8. The summed E-state index contributed by atoms with van der Waals surface area (Å²) in [5.41, 5.74) is 5.68. The summed E-state index contributed by atoms with van der Waals surface area (Å²) >= 11 is 0. The van der Waals surface area contributed by atoms with Crippen molar-refractivity contribution in [2.24, 2.45) is 0 Å². The van der Waals surface area contributed by atoms with Gasteiger partial charge in [-0.15, -0.1) is 0 Å². The maximum atomic E-state index is 15.6. The summed E-state index contributed by atoms with van der Waals surface area (Å²) < 4.78 is 18.9. The van der Waals surface area contributed by atoms with Gasteiger partial charge >= 0.3 is 11.9 Å². The number of carbonyl (C=O) groups is 4. The van der Waals surface area contributed by atoms with Crippen molar-refractivity contribution < 1.29 is 33.4 Å². The van der Waals surface area contributed by atoms with Crippen molar-refractivity contribution in [1.82, 2.24) is 0 Å². The molecule has 0 radical (unpaired) electrons. The molecule has 2 amide bonds. The Morgan fingerprint density at radius 1 is 0.627 bits per heavy atom. The Hall–Kier alpha value is -6.48. The minimum Gasteiger partial charge on any atom is -0.462 e. The van der Waals surface area contributed by atoms with E-state index < -0.39 is 17.8 Å². The molecule has 346 valence electrons. The molecule has 0 aromatic heterocycles. The number of fused-ring (bicyclic) bond motifs is 2. The number of para-hydroxylation sites is 1. The van der Waals surface area contributed by atoms with Crippen LogP contribution in [-0.4, -0.2) is 50.1 Å². The molecule has 9 heteroatoms. The van der Waals surface area contributed by atoms with Gasteiger partial charge in [0.15, 0.2) is 0 Å². The van der Waals surface area contributed by atoms with Crippen molar-refractivity contribution in [3.8, 4) is 11.5 Å². The van der Waals surface area contributed by atoms with Gasteiger partial charge in [0, 0.05) is 56.7 Å². The number of esters is 2. The highest BCUT2D eigenvalue weighted by Gasteiger charge is 2.40. The predicted octanol–water partition coefficient (Wildman–Crippen LogP) is 14.4. The SMILES string of the molecule is CCCCOC(=O)c1ccc2c3c(Oc4ccc(C(C)(C)C)cc4)cc4c5c(ccc(c6c(N7CCCC7)cc(C(=O)OCCCC)c1c26)c53)C(=O)N(c1c(C(C)C)cccc1C(C)C)C4=O. The van der Waals surface area contributed by atoms with Crippen LogP contribution in [0.3, 0.4) is 0 Å². The topological polar surface area (TPSA) is 102 Å². The fourth-order valence-electron chi connectivity index (χ4n) is 10.2. The van der Waals surface area contributed by atoms with Gasteiger partial charge in [-0.3, -0.25) is 9.59 Å². The third kappa shape index (κ3) is 7.84. The van der Waals surface area contributed by atoms with Crippen molar-refractivity contribution in [3.63, 3.8) is 0 Å². The first-order chi connectivity index (χ1) is 32.2. The number of hydrogen-bond acceptors (Lipinski definition) is 8. The number of hydrogen-bond donors (Lipinski definition) is 0. The summed E-state index contributed by atoms with van der Waals surface area (Å²) in [4.78, 5) is 63.3. The van der Waals surface area contributed by atoms with Crippen molar-refractivity contribution in [1.29, 1.82) is 0 Å². The van der Waals surface area contributed by atoms with E-state index >= 15 is 9.59 Å². The van der Waals surface area contributed by atoms with Crippen LogP contribution >= 0.6 is 0 Å². The number of amides is 2. The van der Waals surface area contributed by atoms with Crippen molar-refractivity contribution in [3.05, 3.63) is 118 Å². The standard InChI is InChI=1S/C58H62N2O7/c1-10-12-29-65-56(63)42-26-24-40-50-46(67-36-21-19-35(20-22-36)58(7,8)9)32-43-47-41(54(61)60(55(43)62)53-37(33(3)4)17-16-18-38(53)34(5)6)25-23-39(52(47)50)49-45(59-27-14-15-28-59)31-44(48(42)51(40)49)57(64)66-30-13-11-2/h16-26,31-34H,10-15,27-30H2,1-9H3. The number of carbonyl (C=O) groups excluding carboxylic acids is 4. The summed E-state index contributed by atoms with van der Waals surface area (Å²) in [6.45, 7) is 20.9. The van der Waals surface area contributed by atoms with Crippen LogP contribution in [-0.2, 0) is 14.9 Å². The molecule has 0 saturated carbocycles. The molecule has 1 fully saturated rings. The Kier molecular flexibility index (Phi) is 12.2. The maximum absolute atomic E-state index is 15.6. The van der Waals surface area contributed by atoms with Crippen LogP contribution in [0.15, 0.2) is 78.9 Å². The van der Waals surface area contributed by atoms with Gasteiger partial charge in [0.05, 0.1) is 35.6 Å². The molecule has 1 saturated heterocycles. The van der Waals surface area contributed by atoms with E-state index in [9.17, 15) is 9.59 Å². The molecule has 0 N–H and O–H groups in total. The van der Waals surface area contributed by atoms with Gasteiger partial charge in [-0.05, 0) is 107 Å². The van der Waals surface area contributed by atoms with E-state index in [1.54, 1.807) is 12.1 Å². The van der Waals surface area contributed by atoms with Gasteiger partial charge in [-0.1, -0.05) is 118 Å². The summed E-state index contributed by atoms with van der Waals surface area (Å²) in [6, 6.07) is 25.2. The van der Waals surface area contributed by atoms with Crippen LogP contribution < -0.4 is 14.5 Å². The normalized spacial score (nSPS) is 14.3. The van der Waals surface area contributed by atoms with Crippen LogP contribution in [0.2, 0.25) is 0 Å². The number of ether oxygens (including phenoxy) is 3. The summed E-state index contributed by atoms with van der Waals surface area (Å²) in [7, 11) is 0. The molecular weight excluding hydrogens is 837 g/mol. The molecule has 0 spiro atoms. The minimum absolute atomic E-state index is 0.0321. The van der Waals surface area contributed by atoms with Crippen molar-refractivity contribution in [2.75, 3.05) is 36.1 Å². The average molecular weight is 899 g/mol. The Morgan fingerprint density at radius 2 is 1.19 bits per heavy atom. The summed E-state index contributed by atoms with van der Waals surface area (Å²) in [5.74, 6) is -0.789. The molecule has 2 heterocycles. The number of imide groups is 1. The lowest BCUT2D eigenvalue weighted by Gasteiger charge is -2.33. The zero-order valence-electron chi connectivity index (χ0n) is 40.5. The summed E-state index contributed by atoms with van der Waals surface area (Å²) in [5, 5.41) is 5.40. The number of benzene rings is 7. The fourth-order valence-corrected chi connectivity index (χ4v) is 10.2. The zero-order valence-corrected chi connectivity index (χ0v) is 40.5. The monoisotopic (exact) mass is 898 g/mol. The smallest absolute Gasteiger partial charge is 0.338 e. The number of nitrogens with zero attached hydrogens (tertiary/aromatic N) is 2. The Balaban J connectivity index is 1.42. The van der Waals surface area contributed by atoms with Crippen molar-refractivity contribution in [2.45, 2.75) is 118 Å². The molecule has 7 aromatic carbocycles. The van der Waals surface area contributed by atoms with Crippen LogP contribution in [0.5, 0.6) is 11.5 Å². The number of unbranched alkanes of at least 4 members (excludes halogenated alkanes) is 2. The van der Waals surface area contributed by atoms with Crippen LogP contribution in [0, 0.1) is 0 Å². The second kappa shape index (κ2) is 18.0. The highest BCUT2D eigenvalue weighted by atomic mass is 16.5. The van der Waals surface area contributed by atoms with Gasteiger partial charge in [0.25, 0.3) is 11.8 Å². The van der Waals surface area contributed by atoms with E-state index in [1.807, 2.05) is 68.4 Å². The molecular formula is C58H62N2O7. The lowest BCUT2D eigenvalue weighted by atomic mass is 9.81. The van der Waals surface area contributed by atoms with Gasteiger partial charge in [-0.25, -0.2) is 14.5 Å². The summed E-state index contributed by atoms with van der Waals surface area (Å²) in [6.07, 6.45) is 5.05. The Morgan fingerprint density at radius 3 is 1.79 bits per heavy atom. The van der Waals surface area contributed by atoms with Gasteiger partial charge in [0.2, 0.25) is 0 Å². The lowest BCUT2D eigenvalue weighted by molar-refractivity contribution is 0.0500. The highest BCUT2D eigenvalue weighted by Crippen LogP contribution is 2.53. The molecule has 9 rings (SSSR count). The van der Waals surface area contributed by atoms with Gasteiger partial charge < -0.3 is 19.1 Å². The first kappa shape index (κ1) is 45.7. The highest BCUT2D eigenvalue weighted by molar-refractivity contribution is 6.45. The fraction of sp³-hybridized carbons (Fsp3) is 0.379. The molecule has 7 aromatic rings. The maximum Gasteiger partial charge on any atom is 0.338 e. The molecule has 0 aliphatic carbocycles. The van der Waals surface area contributed by atoms with E-state index in [2.05, 4.69) is 65.5 Å². The second-order valence-corrected chi connectivity index (χ2v) is 20.0. The molecule has 2 aliphatic heterocycles. The van der Waals surface area contributed by atoms with Crippen LogP contribution in [0.4, 0.5) is 11.4 Å². The lowest BCUT2D eigenvalue weighted by Crippen LogP contribution is -2.41. The number of anilines is 2. The average Bonchev–Trinajstić information content (AvgIpc) is 3.85. The molecule has 9 nitrogen and oxygen atoms in total. The molecule has 0 bridgehead atoms. The Labute approximate surface area is 393 Å². The molecule has 67 heavy (non-hydrogen) atoms. The van der Waals surface area contributed by atoms with Crippen LogP contribution in [0.25, 0.3) is 43.1 Å². The van der Waals surface area contributed by atoms with Crippen LogP contribution in [0.1, 0.15) is 171 Å². The van der Waals surface area contributed by atoms with E-state index in [1.165, 1.54) is 4.90 Å². The largest absolute Gasteiger partial charge is 0.462 e. The first-order valence-corrected chi connectivity index (χ1v) is 24.3. The number of rotatable bonds is 14. The first-order valence-electron chi connectivity index (χ1n) is 24.3. The predicted molar refractivity (Wildman–Crippen MR) is 270 cm³/mol.